The molecule has 0 atom stereocenters. The van der Waals surface area contributed by atoms with Gasteiger partial charge in [-0.05, 0) is 62.1 Å². The number of amides is 1. The standard InChI is InChI=1S/C19H24N2O4S/c1-12-7-6-8-13(2)19(12)21-18(22)11-20-26(23,24)17-10-14(3)16(25-5)9-15(17)4/h6-10,20H,11H2,1-5H3,(H,21,22). The van der Waals surface area contributed by atoms with Gasteiger partial charge in [0.2, 0.25) is 15.9 Å². The number of nitrogens with one attached hydrogen (secondary N) is 2. The van der Waals surface area contributed by atoms with Crippen LogP contribution in [0.5, 0.6) is 5.75 Å². The summed E-state index contributed by atoms with van der Waals surface area (Å²) in [6.45, 7) is 6.88. The Bertz CT molecular complexity index is 917. The maximum absolute atomic E-state index is 12.6. The van der Waals surface area contributed by atoms with Gasteiger partial charge in [0, 0.05) is 5.69 Å². The molecule has 0 bridgehead atoms. The lowest BCUT2D eigenvalue weighted by Gasteiger charge is -2.14. The summed E-state index contributed by atoms with van der Waals surface area (Å²) < 4.78 is 32.7. The van der Waals surface area contributed by atoms with E-state index in [1.807, 2.05) is 32.0 Å². The van der Waals surface area contributed by atoms with Crippen LogP contribution in [0.3, 0.4) is 0 Å². The van der Waals surface area contributed by atoms with Gasteiger partial charge in [-0.2, -0.15) is 0 Å². The van der Waals surface area contributed by atoms with Crippen LogP contribution in [-0.2, 0) is 14.8 Å². The second kappa shape index (κ2) is 7.88. The van der Waals surface area contributed by atoms with Gasteiger partial charge in [-0.3, -0.25) is 4.79 Å². The van der Waals surface area contributed by atoms with E-state index in [0.29, 0.717) is 22.6 Å². The van der Waals surface area contributed by atoms with Crippen LogP contribution in [0.2, 0.25) is 0 Å². The Kier molecular flexibility index (Phi) is 6.05. The number of rotatable bonds is 6. The molecular formula is C19H24N2O4S. The van der Waals surface area contributed by atoms with Crippen molar-refractivity contribution in [3.05, 3.63) is 52.6 Å². The zero-order valence-electron chi connectivity index (χ0n) is 15.6. The number of hydrogen-bond donors (Lipinski definition) is 2. The Morgan fingerprint density at radius 3 is 2.19 bits per heavy atom. The molecule has 0 radical (unpaired) electrons. The summed E-state index contributed by atoms with van der Waals surface area (Å²) >= 11 is 0. The van der Waals surface area contributed by atoms with Crippen LogP contribution in [0.15, 0.2) is 35.2 Å². The van der Waals surface area contributed by atoms with Crippen molar-refractivity contribution in [3.8, 4) is 5.75 Å². The molecule has 0 saturated heterocycles. The van der Waals surface area contributed by atoms with Crippen LogP contribution >= 0.6 is 0 Å². The molecule has 0 aliphatic heterocycles. The van der Waals surface area contributed by atoms with Gasteiger partial charge in [-0.25, -0.2) is 13.1 Å². The maximum Gasteiger partial charge on any atom is 0.241 e. The molecule has 140 valence electrons. The number of carbonyl (C=O) groups is 1. The largest absolute Gasteiger partial charge is 0.496 e. The van der Waals surface area contributed by atoms with E-state index in [1.165, 1.54) is 7.11 Å². The fraction of sp³-hybridized carbons (Fsp3) is 0.316. The number of sulfonamides is 1. The van der Waals surface area contributed by atoms with Crippen molar-refractivity contribution in [1.29, 1.82) is 0 Å². The molecule has 0 aromatic heterocycles. The lowest BCUT2D eigenvalue weighted by Crippen LogP contribution is -2.33. The third-order valence-electron chi connectivity index (χ3n) is 4.15. The van der Waals surface area contributed by atoms with Crippen molar-refractivity contribution in [2.24, 2.45) is 0 Å². The van der Waals surface area contributed by atoms with Gasteiger partial charge in [0.1, 0.15) is 5.75 Å². The van der Waals surface area contributed by atoms with E-state index < -0.39 is 15.9 Å². The minimum Gasteiger partial charge on any atom is -0.496 e. The summed E-state index contributed by atoms with van der Waals surface area (Å²) in [6, 6.07) is 8.88. The van der Waals surface area contributed by atoms with E-state index in [2.05, 4.69) is 10.0 Å². The minimum absolute atomic E-state index is 0.135. The van der Waals surface area contributed by atoms with Gasteiger partial charge in [0.05, 0.1) is 18.6 Å². The van der Waals surface area contributed by atoms with Crippen LogP contribution < -0.4 is 14.8 Å². The second-order valence-electron chi connectivity index (χ2n) is 6.23. The first-order chi connectivity index (χ1) is 12.2. The Morgan fingerprint density at radius 1 is 1.00 bits per heavy atom. The van der Waals surface area contributed by atoms with Crippen molar-refractivity contribution in [1.82, 2.24) is 4.72 Å². The highest BCUT2D eigenvalue weighted by Gasteiger charge is 2.20. The summed E-state index contributed by atoms with van der Waals surface area (Å²) in [5, 5.41) is 2.76. The van der Waals surface area contributed by atoms with Gasteiger partial charge in [0.15, 0.2) is 0 Å². The maximum atomic E-state index is 12.6. The molecular weight excluding hydrogens is 352 g/mol. The number of ether oxygens (including phenoxy) is 1. The van der Waals surface area contributed by atoms with E-state index >= 15 is 0 Å². The first-order valence-corrected chi connectivity index (χ1v) is 9.65. The zero-order chi connectivity index (χ0) is 19.5. The molecule has 0 spiro atoms. The fourth-order valence-corrected chi connectivity index (χ4v) is 4.00. The third-order valence-corrected chi connectivity index (χ3v) is 5.69. The van der Waals surface area contributed by atoms with E-state index in [1.54, 1.807) is 26.0 Å². The summed E-state index contributed by atoms with van der Waals surface area (Å²) in [7, 11) is -2.28. The lowest BCUT2D eigenvalue weighted by molar-refractivity contribution is -0.115. The second-order valence-corrected chi connectivity index (χ2v) is 7.96. The summed E-state index contributed by atoms with van der Waals surface area (Å²) in [4.78, 5) is 12.3. The van der Waals surface area contributed by atoms with Crippen LogP contribution in [0.1, 0.15) is 22.3 Å². The van der Waals surface area contributed by atoms with E-state index in [0.717, 1.165) is 11.1 Å². The molecule has 0 unspecified atom stereocenters. The molecule has 2 aromatic rings. The first kappa shape index (κ1) is 19.9. The van der Waals surface area contributed by atoms with Gasteiger partial charge in [0.25, 0.3) is 0 Å². The summed E-state index contributed by atoms with van der Waals surface area (Å²) in [5.41, 5.74) is 3.80. The number of aryl methyl sites for hydroxylation is 4. The minimum atomic E-state index is -3.81. The third kappa shape index (κ3) is 4.42. The highest BCUT2D eigenvalue weighted by molar-refractivity contribution is 7.89. The summed E-state index contributed by atoms with van der Waals surface area (Å²) in [6.07, 6.45) is 0. The topological polar surface area (TPSA) is 84.5 Å². The van der Waals surface area contributed by atoms with E-state index in [4.69, 9.17) is 4.74 Å². The average molecular weight is 376 g/mol. The lowest BCUT2D eigenvalue weighted by atomic mass is 10.1. The van der Waals surface area contributed by atoms with Crippen LogP contribution in [0.4, 0.5) is 5.69 Å². The van der Waals surface area contributed by atoms with Gasteiger partial charge in [-0.1, -0.05) is 18.2 Å². The Morgan fingerprint density at radius 2 is 1.62 bits per heavy atom. The first-order valence-electron chi connectivity index (χ1n) is 8.16. The van der Waals surface area contributed by atoms with E-state index in [-0.39, 0.29) is 11.4 Å². The molecule has 2 rings (SSSR count). The SMILES string of the molecule is COc1cc(C)c(S(=O)(=O)NCC(=O)Nc2c(C)cccc2C)cc1C. The monoisotopic (exact) mass is 376 g/mol. The number of benzene rings is 2. The molecule has 0 aliphatic carbocycles. The van der Waals surface area contributed by atoms with Crippen molar-refractivity contribution >= 4 is 21.6 Å². The molecule has 0 fully saturated rings. The molecule has 0 saturated carbocycles. The molecule has 26 heavy (non-hydrogen) atoms. The van der Waals surface area contributed by atoms with Crippen molar-refractivity contribution < 1.29 is 17.9 Å². The molecule has 1 amide bonds. The Balaban J connectivity index is 2.13. The fourth-order valence-electron chi connectivity index (χ4n) is 2.71. The smallest absolute Gasteiger partial charge is 0.241 e. The highest BCUT2D eigenvalue weighted by Crippen LogP contribution is 2.25. The van der Waals surface area contributed by atoms with Gasteiger partial charge >= 0.3 is 0 Å². The van der Waals surface area contributed by atoms with Crippen LogP contribution in [0.25, 0.3) is 0 Å². The number of hydrogen-bond acceptors (Lipinski definition) is 4. The van der Waals surface area contributed by atoms with Crippen molar-refractivity contribution in [2.75, 3.05) is 19.0 Å². The molecule has 0 heterocycles. The van der Waals surface area contributed by atoms with Crippen molar-refractivity contribution in [2.45, 2.75) is 32.6 Å². The Labute approximate surface area is 154 Å². The van der Waals surface area contributed by atoms with Crippen LogP contribution in [-0.4, -0.2) is 28.0 Å². The van der Waals surface area contributed by atoms with Crippen molar-refractivity contribution in [3.63, 3.8) is 0 Å². The molecule has 2 aromatic carbocycles. The predicted octanol–water partition coefficient (Wildman–Crippen LogP) is 2.85. The number of anilines is 1. The van der Waals surface area contributed by atoms with E-state index in [9.17, 15) is 13.2 Å². The normalized spacial score (nSPS) is 11.3. The summed E-state index contributed by atoms with van der Waals surface area (Å²) in [5.74, 6) is 0.197. The highest BCUT2D eigenvalue weighted by atomic mass is 32.2. The molecule has 7 heteroatoms. The number of para-hydroxylation sites is 1. The molecule has 6 nitrogen and oxygen atoms in total. The van der Waals surface area contributed by atoms with Gasteiger partial charge in [-0.15, -0.1) is 0 Å². The number of methoxy groups -OCH3 is 1. The Hall–Kier alpha value is -2.38. The quantitative estimate of drug-likeness (QED) is 0.812. The molecule has 0 aliphatic rings. The predicted molar refractivity (Wildman–Crippen MR) is 102 cm³/mol. The molecule has 2 N–H and O–H groups in total. The van der Waals surface area contributed by atoms with Gasteiger partial charge < -0.3 is 10.1 Å². The van der Waals surface area contributed by atoms with Crippen LogP contribution in [0, 0.1) is 27.7 Å². The average Bonchev–Trinajstić information content (AvgIpc) is 2.58. The zero-order valence-corrected chi connectivity index (χ0v) is 16.5. The number of carbonyl (C=O) groups excluding carboxylic acids is 1.